The first kappa shape index (κ1) is 10.2. The number of nitrogens with zero attached hydrogens (tertiary/aromatic N) is 2. The molecule has 72 valence electrons. The predicted octanol–water partition coefficient (Wildman–Crippen LogP) is 0.448. The van der Waals surface area contributed by atoms with E-state index < -0.39 is 11.5 Å². The molecule has 0 saturated carbocycles. The van der Waals surface area contributed by atoms with Gasteiger partial charge in [0.25, 0.3) is 0 Å². The molecule has 3 N–H and O–H groups in total. The highest BCUT2D eigenvalue weighted by Gasteiger charge is 2.28. The highest BCUT2D eigenvalue weighted by atomic mass is 79.9. The number of aliphatic carboxylic acids is 1. The van der Waals surface area contributed by atoms with Crippen LogP contribution in [0.5, 0.6) is 0 Å². The van der Waals surface area contributed by atoms with Crippen molar-refractivity contribution in [2.45, 2.75) is 19.0 Å². The van der Waals surface area contributed by atoms with Gasteiger partial charge < -0.3 is 10.8 Å². The number of hydrogen-bond acceptors (Lipinski definition) is 3. The molecule has 0 aliphatic heterocycles. The standard InChI is InChI=1S/C7H10BrN3O2/c1-7(9,6(12)13)4-11-3-5(8)2-10-11/h2-3H,4,9H2,1H3,(H,12,13). The molecule has 0 aromatic carbocycles. The Hall–Kier alpha value is -0.880. The smallest absolute Gasteiger partial charge is 0.325 e. The molecule has 0 radical (unpaired) electrons. The summed E-state index contributed by atoms with van der Waals surface area (Å²) in [5.74, 6) is -1.04. The second-order valence-electron chi connectivity index (χ2n) is 3.08. The molecule has 1 rings (SSSR count). The fourth-order valence-electron chi connectivity index (χ4n) is 0.829. The van der Waals surface area contributed by atoms with Crippen LogP contribution in [0.25, 0.3) is 0 Å². The monoisotopic (exact) mass is 247 g/mol. The predicted molar refractivity (Wildman–Crippen MR) is 50.2 cm³/mol. The van der Waals surface area contributed by atoms with Crippen molar-refractivity contribution in [1.82, 2.24) is 9.78 Å². The van der Waals surface area contributed by atoms with Crippen molar-refractivity contribution in [3.63, 3.8) is 0 Å². The Balaban J connectivity index is 2.74. The van der Waals surface area contributed by atoms with Crippen LogP contribution in [-0.4, -0.2) is 26.4 Å². The summed E-state index contributed by atoms with van der Waals surface area (Å²) in [6.45, 7) is 1.60. The van der Waals surface area contributed by atoms with Crippen LogP contribution >= 0.6 is 15.9 Å². The highest BCUT2D eigenvalue weighted by molar-refractivity contribution is 9.10. The van der Waals surface area contributed by atoms with Crippen LogP contribution < -0.4 is 5.73 Å². The van der Waals surface area contributed by atoms with Crippen LogP contribution in [-0.2, 0) is 11.3 Å². The Kier molecular flexibility index (Phi) is 2.72. The Bertz CT molecular complexity index is 321. The van der Waals surface area contributed by atoms with Gasteiger partial charge in [-0.25, -0.2) is 0 Å². The zero-order valence-electron chi connectivity index (χ0n) is 7.07. The summed E-state index contributed by atoms with van der Waals surface area (Å²) >= 11 is 3.21. The van der Waals surface area contributed by atoms with Gasteiger partial charge in [-0.05, 0) is 22.9 Å². The first-order chi connectivity index (χ1) is 5.92. The topological polar surface area (TPSA) is 81.1 Å². The molecule has 0 aliphatic rings. The average Bonchev–Trinajstić information content (AvgIpc) is 2.34. The molecule has 1 unspecified atom stereocenters. The second kappa shape index (κ2) is 3.47. The van der Waals surface area contributed by atoms with Gasteiger partial charge in [-0.2, -0.15) is 5.10 Å². The third kappa shape index (κ3) is 2.53. The summed E-state index contributed by atoms with van der Waals surface area (Å²) in [4.78, 5) is 10.7. The van der Waals surface area contributed by atoms with Gasteiger partial charge in [0.2, 0.25) is 0 Å². The number of hydrogen-bond donors (Lipinski definition) is 2. The third-order valence-corrected chi connectivity index (χ3v) is 1.99. The summed E-state index contributed by atoms with van der Waals surface area (Å²) in [6.07, 6.45) is 3.26. The molecule has 0 amide bonds. The van der Waals surface area contributed by atoms with Gasteiger partial charge in [0.15, 0.2) is 0 Å². The minimum atomic E-state index is -1.29. The number of aromatic nitrogens is 2. The zero-order chi connectivity index (χ0) is 10.1. The van der Waals surface area contributed by atoms with Crippen molar-refractivity contribution < 1.29 is 9.90 Å². The molecule has 5 nitrogen and oxygen atoms in total. The highest BCUT2D eigenvalue weighted by Crippen LogP contribution is 2.09. The van der Waals surface area contributed by atoms with Gasteiger partial charge in [0.1, 0.15) is 5.54 Å². The second-order valence-corrected chi connectivity index (χ2v) is 3.99. The fourth-order valence-corrected chi connectivity index (χ4v) is 1.16. The van der Waals surface area contributed by atoms with Crippen LogP contribution in [0.1, 0.15) is 6.92 Å². The lowest BCUT2D eigenvalue weighted by atomic mass is 10.1. The van der Waals surface area contributed by atoms with Crippen LogP contribution in [0.3, 0.4) is 0 Å². The molecule has 1 aromatic heterocycles. The number of carboxylic acids is 1. The molecule has 0 saturated heterocycles. The van der Waals surface area contributed by atoms with E-state index in [0.29, 0.717) is 0 Å². The number of halogens is 1. The summed E-state index contributed by atoms with van der Waals surface area (Å²) in [5.41, 5.74) is 4.24. The normalized spacial score (nSPS) is 15.3. The molecule has 0 spiro atoms. The largest absolute Gasteiger partial charge is 0.480 e. The molecule has 1 heterocycles. The number of carboxylic acid groups (broad SMARTS) is 1. The van der Waals surface area contributed by atoms with Crippen LogP contribution in [0.4, 0.5) is 0 Å². The van der Waals surface area contributed by atoms with E-state index in [1.807, 2.05) is 0 Å². The SMILES string of the molecule is CC(N)(Cn1cc(Br)cn1)C(=O)O. The van der Waals surface area contributed by atoms with Crippen LogP contribution in [0, 0.1) is 0 Å². The van der Waals surface area contributed by atoms with Crippen LogP contribution in [0.2, 0.25) is 0 Å². The van der Waals surface area contributed by atoms with Crippen molar-refractivity contribution in [2.24, 2.45) is 5.73 Å². The van der Waals surface area contributed by atoms with Gasteiger partial charge in [-0.15, -0.1) is 0 Å². The molecule has 1 aromatic rings. The molecule has 0 bridgehead atoms. The van der Waals surface area contributed by atoms with Crippen molar-refractivity contribution in [3.05, 3.63) is 16.9 Å². The molecule has 13 heavy (non-hydrogen) atoms. The Labute approximate surface area is 83.7 Å². The molecule has 0 fully saturated rings. The zero-order valence-corrected chi connectivity index (χ0v) is 8.65. The fraction of sp³-hybridized carbons (Fsp3) is 0.429. The first-order valence-corrected chi connectivity index (χ1v) is 4.41. The number of rotatable bonds is 3. The van der Waals surface area contributed by atoms with Crippen LogP contribution in [0.15, 0.2) is 16.9 Å². The van der Waals surface area contributed by atoms with E-state index >= 15 is 0 Å². The lowest BCUT2D eigenvalue weighted by molar-refractivity contribution is -0.143. The Morgan fingerprint density at radius 3 is 2.92 bits per heavy atom. The van der Waals surface area contributed by atoms with Gasteiger partial charge >= 0.3 is 5.97 Å². The van der Waals surface area contributed by atoms with Gasteiger partial charge in [0.05, 0.1) is 17.2 Å². The minimum absolute atomic E-state index is 0.147. The Morgan fingerprint density at radius 1 is 1.92 bits per heavy atom. The quantitative estimate of drug-likeness (QED) is 0.813. The van der Waals surface area contributed by atoms with Crippen molar-refractivity contribution >= 4 is 21.9 Å². The van der Waals surface area contributed by atoms with E-state index in [1.165, 1.54) is 11.6 Å². The summed E-state index contributed by atoms with van der Waals surface area (Å²) in [5, 5.41) is 12.6. The number of carbonyl (C=O) groups is 1. The van der Waals surface area contributed by atoms with Gasteiger partial charge in [-0.1, -0.05) is 0 Å². The van der Waals surface area contributed by atoms with Gasteiger partial charge in [-0.3, -0.25) is 9.48 Å². The lowest BCUT2D eigenvalue weighted by Gasteiger charge is -2.18. The maximum absolute atomic E-state index is 10.7. The van der Waals surface area contributed by atoms with Crippen molar-refractivity contribution in [1.29, 1.82) is 0 Å². The third-order valence-electron chi connectivity index (χ3n) is 1.58. The number of nitrogens with two attached hydrogens (primary N) is 1. The summed E-state index contributed by atoms with van der Waals surface area (Å²) in [6, 6.07) is 0. The first-order valence-electron chi connectivity index (χ1n) is 3.62. The molecular weight excluding hydrogens is 238 g/mol. The van der Waals surface area contributed by atoms with E-state index in [1.54, 1.807) is 12.4 Å². The average molecular weight is 248 g/mol. The Morgan fingerprint density at radius 2 is 2.54 bits per heavy atom. The van der Waals surface area contributed by atoms with Gasteiger partial charge in [0, 0.05) is 6.20 Å². The maximum Gasteiger partial charge on any atom is 0.325 e. The molecule has 0 aliphatic carbocycles. The molecule has 6 heteroatoms. The van der Waals surface area contributed by atoms with Crippen molar-refractivity contribution in [3.8, 4) is 0 Å². The summed E-state index contributed by atoms with van der Waals surface area (Å²) in [7, 11) is 0. The molecule has 1 atom stereocenters. The van der Waals surface area contributed by atoms with E-state index in [0.717, 1.165) is 4.47 Å². The maximum atomic E-state index is 10.7. The van der Waals surface area contributed by atoms with E-state index in [2.05, 4.69) is 21.0 Å². The van der Waals surface area contributed by atoms with E-state index in [9.17, 15) is 4.79 Å². The molecular formula is C7H10BrN3O2. The van der Waals surface area contributed by atoms with Crippen molar-refractivity contribution in [2.75, 3.05) is 0 Å². The van der Waals surface area contributed by atoms with E-state index in [4.69, 9.17) is 10.8 Å². The van der Waals surface area contributed by atoms with E-state index in [-0.39, 0.29) is 6.54 Å². The summed E-state index contributed by atoms with van der Waals surface area (Å²) < 4.78 is 2.28. The lowest BCUT2D eigenvalue weighted by Crippen LogP contribution is -2.48. The minimum Gasteiger partial charge on any atom is -0.480 e.